The number of carboxylic acids is 1. The van der Waals surface area contributed by atoms with Gasteiger partial charge in [0.1, 0.15) is 11.2 Å². The Balaban J connectivity index is -0.00000132. The summed E-state index contributed by atoms with van der Waals surface area (Å²) in [5.74, 6) is -4.14. The first-order chi connectivity index (χ1) is 56.5. The largest absolute Gasteiger partial charge is 1.00 e. The van der Waals surface area contributed by atoms with Gasteiger partial charge in [0.25, 0.3) is 17.7 Å². The number of methoxy groups -OCH3 is 7. The second-order valence-electron chi connectivity index (χ2n) is 27.0. The van der Waals surface area contributed by atoms with Crippen molar-refractivity contribution < 1.29 is 151 Å². The average molecular weight is 1920 g/mol. The topological polar surface area (TPSA) is 476 Å². The number of nitrogens with zero attached hydrogens (tertiary/aromatic N) is 4. The number of nitrogens with two attached hydrogens (primary N) is 1. The molecule has 1 radical (unpaired) electrons. The first kappa shape index (κ1) is 117. The minimum absolute atomic E-state index is 0. The maximum Gasteiger partial charge on any atom is 1.00 e. The molecule has 32 nitrogen and oxygen atoms in total. The number of ether oxygens (including phenoxy) is 7. The minimum atomic E-state index is -1.53. The molecule has 4 atom stereocenters. The normalized spacial score (nSPS) is 16.6. The maximum atomic E-state index is 11.9. The molecule has 0 aliphatic carbocycles. The average Bonchev–Trinajstić information content (AvgIpc) is 1.64. The number of hydrogen-bond acceptors (Lipinski definition) is 29. The van der Waals surface area contributed by atoms with Gasteiger partial charge in [-0.3, -0.25) is 14.4 Å². The number of anilines is 4. The van der Waals surface area contributed by atoms with Crippen LogP contribution in [0.2, 0.25) is 6.82 Å². The minimum Gasteiger partial charge on any atom is -0.870 e. The van der Waals surface area contributed by atoms with Crippen LogP contribution in [-0.2, 0) is 73.3 Å². The number of carbonyl (C=O) groups excluding carboxylic acids is 10. The van der Waals surface area contributed by atoms with Crippen LogP contribution in [0, 0.1) is 0 Å². The molecule has 11 N–H and O–H groups in total. The van der Waals surface area contributed by atoms with Gasteiger partial charge in [-0.15, -0.1) is 0 Å². The molecule has 5 aromatic rings. The number of aliphatic hydroxyl groups excluding tert-OH is 2. The van der Waals surface area contributed by atoms with Crippen LogP contribution < -0.4 is 60.5 Å². The predicted octanol–water partition coefficient (Wildman–Crippen LogP) is 6.59. The molecular formula is C83H110B2Br3N7NaO25S. The molecule has 4 aliphatic heterocycles. The predicted molar refractivity (Wildman–Crippen MR) is 476 cm³/mol. The van der Waals surface area contributed by atoms with Crippen molar-refractivity contribution in [1.29, 1.82) is 0 Å². The van der Waals surface area contributed by atoms with Crippen LogP contribution in [-0.4, -0.2) is 238 Å². The standard InChI is InChI=1S/C13H21BN2O.C13H15NO5.C13H13NO3.C12H13NO5.C8H9NO2.3C6H9BrO2.C6H10O2.BHNS.Na.H2O/c1-14(17)16-10-11-3-2-4-13(9-11)12-5-7-15-8-6-12;1-13(18)7-14(11(16)10(13)15)9-5-3-4-8(6-9)12(17)19-2;1-9-6-12(15)14(8-9)11-5-3-4-10(7-11)13(16)17-2;1-12(18)6-13(10(15)9(12)14)8-4-2-3-7(5-8)11(16)17;1-11-8(10)6-3-2-4-7(9)5-6;3*1-5(4-7)3-6(8)9-2;1-5(2)4-6(7)8-3;1-2-3;;/h2-4,9,12,15-17H,5-8,10H2,1H3;3-6,10,15,18H,7H2,1-2H3;3-7H,8H2,1-2H3;2-5,9,14,18H,6H2,1H3,(H,16,17);2-5H,9H2,1H3;3*3H,4H2,1-2H3;4H,1-3H3;3H;;1H2/q;;;;;;;;;;+1;/p-1/b;;;;;5-3+;2*5-3-;;;;/t;10-,13+;;9-,12+;;;;;;;;/m.1.1......../s1. The van der Waals surface area contributed by atoms with E-state index in [0.717, 1.165) is 47.5 Å². The summed E-state index contributed by atoms with van der Waals surface area (Å²) >= 11 is 12.8. The Bertz CT molecular complexity index is 4300. The first-order valence-corrected chi connectivity index (χ1v) is 40.2. The van der Waals surface area contributed by atoms with E-state index in [1.165, 1.54) is 146 Å². The Labute approximate surface area is 766 Å². The summed E-state index contributed by atoms with van der Waals surface area (Å²) in [6, 6.07) is 34.3. The fraction of sp³-hybridized carbons (Fsp3) is 0.386. The molecule has 661 valence electrons. The molecule has 3 fully saturated rings. The molecule has 0 spiro atoms. The smallest absolute Gasteiger partial charge is 0.870 e. The van der Waals surface area contributed by atoms with E-state index in [1.54, 1.807) is 90.6 Å². The van der Waals surface area contributed by atoms with Crippen molar-refractivity contribution in [3.8, 4) is 0 Å². The summed E-state index contributed by atoms with van der Waals surface area (Å²) in [6.07, 6.45) is 6.91. The third-order valence-corrected chi connectivity index (χ3v) is 19.0. The van der Waals surface area contributed by atoms with Gasteiger partial charge in [0.15, 0.2) is 12.2 Å². The van der Waals surface area contributed by atoms with Gasteiger partial charge in [0, 0.05) is 82.2 Å². The van der Waals surface area contributed by atoms with E-state index in [-0.39, 0.29) is 89.4 Å². The van der Waals surface area contributed by atoms with Gasteiger partial charge in [0.2, 0.25) is 0 Å². The molecule has 3 amide bonds. The SMILES string of the molecule is CB(O)NCc1cccc(C2CCNCC2)c1.COC(=O)/C=C(/C)CBr.COC(=O)/C=C(/C)CBr.COC(=O)/C=C(\C)CBr.COC(=O)C=C(C)C.COC(=O)c1cccc(N)c1.COC(=O)c1cccc(N2CC(C)=CC2=O)c1.COC(=O)c1cccc(N2C[C@](C)(O)[C@H](O)C2=O)c1.C[C@]1(O)CN(c2cccc(C(=O)O)c2)C(=O)[C@H]1O.[B]=NS.[Na+].[OH-]. The van der Waals surface area contributed by atoms with E-state index in [9.17, 15) is 78.2 Å². The van der Waals surface area contributed by atoms with Crippen molar-refractivity contribution in [3.63, 3.8) is 0 Å². The number of carboxylic acid groups (broad SMARTS) is 1. The molecule has 3 saturated heterocycles. The van der Waals surface area contributed by atoms with Gasteiger partial charge in [-0.1, -0.05) is 119 Å². The number of hydrogen-bond donors (Lipinski definition) is 10. The van der Waals surface area contributed by atoms with Crippen LogP contribution in [0.4, 0.5) is 22.7 Å². The summed E-state index contributed by atoms with van der Waals surface area (Å²) < 4.78 is 33.9. The van der Waals surface area contributed by atoms with Gasteiger partial charge in [0.05, 0.1) is 85.1 Å². The molecule has 4 heterocycles. The van der Waals surface area contributed by atoms with Crippen molar-refractivity contribution in [2.45, 2.75) is 111 Å². The summed E-state index contributed by atoms with van der Waals surface area (Å²) in [5.41, 5.74) is 13.3. The third-order valence-electron chi connectivity index (χ3n) is 16.3. The van der Waals surface area contributed by atoms with Crippen LogP contribution in [0.3, 0.4) is 0 Å². The van der Waals surface area contributed by atoms with E-state index >= 15 is 0 Å². The molecular weight excluding hydrogens is 1810 g/mol. The number of halogens is 3. The van der Waals surface area contributed by atoms with E-state index in [4.69, 9.17) is 10.8 Å². The van der Waals surface area contributed by atoms with Gasteiger partial charge in [-0.25, -0.2) is 38.4 Å². The zero-order valence-corrected chi connectivity index (χ0v) is 79.2. The summed E-state index contributed by atoms with van der Waals surface area (Å²) in [6.45, 7) is 19.1. The zero-order valence-electron chi connectivity index (χ0n) is 71.5. The number of benzene rings is 5. The van der Waals surface area contributed by atoms with Gasteiger partial charge in [-0.2, -0.15) is 0 Å². The number of allylic oxidation sites excluding steroid dienone is 4. The molecule has 9 rings (SSSR count). The van der Waals surface area contributed by atoms with E-state index < -0.39 is 60.2 Å². The van der Waals surface area contributed by atoms with E-state index in [1.807, 2.05) is 41.5 Å². The number of esters is 7. The molecule has 122 heavy (non-hydrogen) atoms. The van der Waals surface area contributed by atoms with E-state index in [0.29, 0.717) is 67.9 Å². The maximum absolute atomic E-state index is 11.9. The van der Waals surface area contributed by atoms with Gasteiger partial charge >= 0.3 is 109 Å². The second-order valence-corrected chi connectivity index (χ2v) is 28.9. The Kier molecular flexibility index (Phi) is 60.7. The van der Waals surface area contributed by atoms with Crippen molar-refractivity contribution in [2.24, 2.45) is 4.30 Å². The Morgan fingerprint density at radius 3 is 1.23 bits per heavy atom. The third kappa shape index (κ3) is 45.5. The molecule has 0 saturated carbocycles. The summed E-state index contributed by atoms with van der Waals surface area (Å²) in [5, 5.41) is 65.6. The first-order valence-electron chi connectivity index (χ1n) is 36.5. The quantitative estimate of drug-likeness (QED) is 0.00841. The number of thiol groups is 1. The summed E-state index contributed by atoms with van der Waals surface area (Å²) in [7, 11) is 13.3. The van der Waals surface area contributed by atoms with Crippen molar-refractivity contribution in [1.82, 2.24) is 10.5 Å². The van der Waals surface area contributed by atoms with Crippen LogP contribution in [0.1, 0.15) is 127 Å². The number of aliphatic hydroxyl groups is 4. The Hall–Kier alpha value is -8.83. The molecule has 4 aliphatic rings. The number of carbonyl (C=O) groups is 11. The number of amides is 3. The number of aromatic carboxylic acids is 1. The Morgan fingerprint density at radius 2 is 0.926 bits per heavy atom. The molecule has 5 aromatic carbocycles. The summed E-state index contributed by atoms with van der Waals surface area (Å²) in [4.78, 5) is 126. The monoisotopic (exact) mass is 1920 g/mol. The van der Waals surface area contributed by atoms with Crippen LogP contribution in [0.25, 0.3) is 0 Å². The fourth-order valence-electron chi connectivity index (χ4n) is 10.1. The number of nitrogens with one attached hydrogen (secondary N) is 2. The number of nitrogen functional groups attached to an aromatic ring is 1. The number of piperidine rings is 1. The van der Waals surface area contributed by atoms with Crippen LogP contribution in [0.15, 0.2) is 184 Å². The molecule has 0 bridgehead atoms. The van der Waals surface area contributed by atoms with Gasteiger partial charge < -0.3 is 100 Å². The number of β-amino-alcohol motifs (C(OH)–C–C–N with tert-alkyl or cyclic N) is 2. The van der Waals surface area contributed by atoms with Crippen LogP contribution >= 0.6 is 60.6 Å². The van der Waals surface area contributed by atoms with E-state index in [2.05, 4.69) is 141 Å². The van der Waals surface area contributed by atoms with Crippen molar-refractivity contribution >= 4 is 164 Å². The van der Waals surface area contributed by atoms with Crippen molar-refractivity contribution in [3.05, 3.63) is 213 Å². The molecule has 0 aromatic heterocycles. The zero-order chi connectivity index (χ0) is 91.6. The Morgan fingerprint density at radius 1 is 0.582 bits per heavy atom. The van der Waals surface area contributed by atoms with Gasteiger partial charge in [-0.05, 0) is 184 Å². The fourth-order valence-corrected chi connectivity index (χ4v) is 10.6. The second kappa shape index (κ2) is 63.1. The molecule has 39 heteroatoms. The number of rotatable bonds is 18. The number of alkyl halides is 3. The van der Waals surface area contributed by atoms with Crippen molar-refractivity contribution in [2.75, 3.05) is 119 Å². The van der Waals surface area contributed by atoms with Crippen LogP contribution in [0.5, 0.6) is 0 Å². The molecule has 0 unspecified atom stereocenters.